The number of nitriles is 1. The molecule has 4 aliphatic heterocycles. The molecule has 5 heterocycles. The van der Waals surface area contributed by atoms with E-state index in [2.05, 4.69) is 30.4 Å². The highest BCUT2D eigenvalue weighted by Crippen LogP contribution is 2.42. The van der Waals surface area contributed by atoms with E-state index in [4.69, 9.17) is 21.6 Å². The number of benzene rings is 2. The molecule has 2 N–H and O–H groups in total. The number of carbonyl (C=O) groups excluding carboxylic acids is 5. The van der Waals surface area contributed by atoms with Crippen molar-refractivity contribution >= 4 is 52.6 Å². The summed E-state index contributed by atoms with van der Waals surface area (Å²) in [5, 5.41) is 14.7. The fourth-order valence-corrected chi connectivity index (χ4v) is 10.1. The van der Waals surface area contributed by atoms with Crippen molar-refractivity contribution in [1.29, 1.82) is 5.26 Å². The molecule has 3 aromatic rings. The normalized spacial score (nSPS) is 27.0. The summed E-state index contributed by atoms with van der Waals surface area (Å²) in [5.41, 5.74) is 0.962. The number of halogens is 2. The Kier molecular flexibility index (Phi) is 10.4. The van der Waals surface area contributed by atoms with Crippen LogP contribution in [0.2, 0.25) is 5.02 Å². The molecule has 15 nitrogen and oxygen atoms in total. The Morgan fingerprint density at radius 1 is 0.898 bits per heavy atom. The van der Waals surface area contributed by atoms with Crippen LogP contribution < -0.4 is 25.2 Å². The van der Waals surface area contributed by atoms with Gasteiger partial charge >= 0.3 is 0 Å². The lowest BCUT2D eigenvalue weighted by atomic mass is 9.93. The number of nitrogens with zero attached hydrogens (tertiary/aromatic N) is 7. The fraction of sp³-hybridized carbons (Fsp3) is 0.476. The van der Waals surface area contributed by atoms with Crippen molar-refractivity contribution in [3.05, 3.63) is 75.9 Å². The maximum absolute atomic E-state index is 15.5. The molecule has 0 radical (unpaired) electrons. The zero-order valence-electron chi connectivity index (χ0n) is 32.2. The van der Waals surface area contributed by atoms with E-state index in [0.717, 1.165) is 81.5 Å². The molecular formula is C42H43ClFN9O6. The van der Waals surface area contributed by atoms with Crippen LogP contribution in [0.4, 0.5) is 15.9 Å². The van der Waals surface area contributed by atoms with Crippen molar-refractivity contribution < 1.29 is 33.1 Å². The topological polar surface area (TPSA) is 181 Å². The summed E-state index contributed by atoms with van der Waals surface area (Å²) in [6, 6.07) is 8.97. The Labute approximate surface area is 344 Å². The molecular weight excluding hydrogens is 781 g/mol. The van der Waals surface area contributed by atoms with Crippen LogP contribution in [0.5, 0.6) is 5.75 Å². The monoisotopic (exact) mass is 823 g/mol. The number of rotatable bonds is 8. The minimum atomic E-state index is -1.10. The van der Waals surface area contributed by atoms with Gasteiger partial charge in [0, 0.05) is 63.8 Å². The van der Waals surface area contributed by atoms with Gasteiger partial charge in [0.25, 0.3) is 17.7 Å². The first-order chi connectivity index (χ1) is 28.5. The van der Waals surface area contributed by atoms with E-state index < -0.39 is 35.5 Å². The summed E-state index contributed by atoms with van der Waals surface area (Å²) >= 11 is 6.15. The molecule has 306 valence electrons. The second kappa shape index (κ2) is 15.8. The summed E-state index contributed by atoms with van der Waals surface area (Å²) < 4.78 is 21.6. The summed E-state index contributed by atoms with van der Waals surface area (Å²) in [4.78, 5) is 80.2. The van der Waals surface area contributed by atoms with Gasteiger partial charge in [-0.05, 0) is 81.0 Å². The first-order valence-corrected chi connectivity index (χ1v) is 20.7. The maximum atomic E-state index is 15.5. The maximum Gasteiger partial charge on any atom is 0.271 e. The molecule has 0 bridgehead atoms. The molecule has 9 rings (SSSR count). The Morgan fingerprint density at radius 2 is 1.61 bits per heavy atom. The van der Waals surface area contributed by atoms with Gasteiger partial charge < -0.3 is 19.9 Å². The predicted octanol–water partition coefficient (Wildman–Crippen LogP) is 3.70. The highest BCUT2D eigenvalue weighted by Gasteiger charge is 2.46. The van der Waals surface area contributed by atoms with Crippen LogP contribution in [-0.2, 0) is 9.59 Å². The third-order valence-corrected chi connectivity index (χ3v) is 13.3. The van der Waals surface area contributed by atoms with Gasteiger partial charge in [0.1, 0.15) is 35.2 Å². The zero-order chi connectivity index (χ0) is 40.9. The van der Waals surface area contributed by atoms with Crippen molar-refractivity contribution in [3.63, 3.8) is 0 Å². The van der Waals surface area contributed by atoms with E-state index in [1.165, 1.54) is 6.07 Å². The fourth-order valence-electron chi connectivity index (χ4n) is 9.84. The highest BCUT2D eigenvalue weighted by atomic mass is 35.5. The molecule has 2 aromatic carbocycles. The molecule has 4 atom stereocenters. The van der Waals surface area contributed by atoms with Crippen LogP contribution in [0.1, 0.15) is 88.1 Å². The number of imide groups is 2. The van der Waals surface area contributed by atoms with Crippen molar-refractivity contribution in [2.45, 2.75) is 75.6 Å². The number of nitrogens with one attached hydrogen (secondary N) is 2. The van der Waals surface area contributed by atoms with Crippen LogP contribution in [0.3, 0.4) is 0 Å². The Morgan fingerprint density at radius 3 is 2.25 bits per heavy atom. The molecule has 0 spiro atoms. The number of amides is 5. The molecule has 17 heteroatoms. The van der Waals surface area contributed by atoms with Crippen LogP contribution >= 0.6 is 11.6 Å². The van der Waals surface area contributed by atoms with E-state index in [-0.39, 0.29) is 53.4 Å². The van der Waals surface area contributed by atoms with Crippen LogP contribution in [-0.4, -0.2) is 113 Å². The molecule has 1 aromatic heterocycles. The summed E-state index contributed by atoms with van der Waals surface area (Å²) in [6.07, 6.45) is 8.49. The second-order valence-corrected chi connectivity index (χ2v) is 16.9. The Hall–Kier alpha value is -5.66. The number of aromatic nitrogens is 2. The van der Waals surface area contributed by atoms with Gasteiger partial charge in [-0.3, -0.25) is 39.1 Å². The number of ether oxygens (including phenoxy) is 1. The smallest absolute Gasteiger partial charge is 0.271 e. The lowest BCUT2D eigenvalue weighted by molar-refractivity contribution is -0.136. The summed E-state index contributed by atoms with van der Waals surface area (Å²) in [6.45, 7) is 4.32. The SMILES string of the molecule is N#Cc1ccc(O[C@H]2CC[C@H](NC(=O)c3cnc(N4CC5C[C@@H](N6CCN(c7cc8c(cc7F)C(=O)N(C7CCC(=O)NC7=O)C8=O)CC6)C[C@H]5C4)cn3)CC2)cc1Cl. The number of piperidine rings is 1. The number of anilines is 2. The van der Waals surface area contributed by atoms with Gasteiger partial charge in [0.05, 0.1) is 45.9 Å². The van der Waals surface area contributed by atoms with E-state index in [1.54, 1.807) is 30.6 Å². The predicted molar refractivity (Wildman–Crippen MR) is 211 cm³/mol. The Balaban J connectivity index is 0.728. The van der Waals surface area contributed by atoms with Crippen molar-refractivity contribution in [2.24, 2.45) is 11.8 Å². The van der Waals surface area contributed by atoms with Gasteiger partial charge in [-0.1, -0.05) is 11.6 Å². The van der Waals surface area contributed by atoms with Gasteiger partial charge in [0.2, 0.25) is 11.8 Å². The summed E-state index contributed by atoms with van der Waals surface area (Å²) in [5.74, 6) is -0.965. The first kappa shape index (κ1) is 38.8. The van der Waals surface area contributed by atoms with E-state index in [0.29, 0.717) is 47.3 Å². The third-order valence-electron chi connectivity index (χ3n) is 13.0. The van der Waals surface area contributed by atoms with Gasteiger partial charge in [-0.25, -0.2) is 14.4 Å². The second-order valence-electron chi connectivity index (χ2n) is 16.4. The van der Waals surface area contributed by atoms with Crippen LogP contribution in [0, 0.1) is 29.0 Å². The first-order valence-electron chi connectivity index (χ1n) is 20.3. The molecule has 5 fully saturated rings. The molecule has 2 unspecified atom stereocenters. The van der Waals surface area contributed by atoms with E-state index in [9.17, 15) is 24.0 Å². The lowest BCUT2D eigenvalue weighted by Crippen LogP contribution is -2.54. The molecule has 2 saturated carbocycles. The van der Waals surface area contributed by atoms with Gasteiger partial charge in [-0.15, -0.1) is 0 Å². The van der Waals surface area contributed by atoms with Crippen LogP contribution in [0.15, 0.2) is 42.7 Å². The largest absolute Gasteiger partial charge is 0.490 e. The minimum Gasteiger partial charge on any atom is -0.490 e. The standard InChI is InChI=1S/C42H43ClFN9O6/c43-32-15-29(4-1-23(32)18-45)59-28-5-2-26(3-6-28)48-39(55)34-19-47-37(20-46-34)52-21-24-13-27(14-25(24)22-52)50-9-11-51(12-10-50)36-17-31-30(16-33(36)44)41(57)53(42(31)58)35-7-8-38(54)49-40(35)56/h1,4,15-17,19-20,24-28,35H,2-3,5-14,21-22H2,(H,48,55)(H,49,54,56)/t24-,25?,26-,27-,28-,35?/m0/s1. The minimum absolute atomic E-state index is 0.00630. The van der Waals surface area contributed by atoms with Gasteiger partial charge in [0.15, 0.2) is 0 Å². The lowest BCUT2D eigenvalue weighted by Gasteiger charge is -2.39. The number of carbonyl (C=O) groups is 5. The van der Waals surface area contributed by atoms with E-state index in [1.807, 2.05) is 11.0 Å². The zero-order valence-corrected chi connectivity index (χ0v) is 33.0. The molecule has 3 saturated heterocycles. The molecule has 5 amide bonds. The van der Waals surface area contributed by atoms with Crippen molar-refractivity contribution in [1.82, 2.24) is 30.4 Å². The molecule has 6 aliphatic rings. The third kappa shape index (κ3) is 7.57. The number of hydrogen-bond donors (Lipinski definition) is 2. The average molecular weight is 824 g/mol. The number of hydrogen-bond acceptors (Lipinski definition) is 12. The number of fused-ring (bicyclic) bond motifs is 2. The van der Waals surface area contributed by atoms with Crippen molar-refractivity contribution in [3.8, 4) is 11.8 Å². The summed E-state index contributed by atoms with van der Waals surface area (Å²) in [7, 11) is 0. The van der Waals surface area contributed by atoms with Crippen molar-refractivity contribution in [2.75, 3.05) is 49.1 Å². The highest BCUT2D eigenvalue weighted by molar-refractivity contribution is 6.31. The quantitative estimate of drug-likeness (QED) is 0.315. The van der Waals surface area contributed by atoms with Crippen LogP contribution in [0.25, 0.3) is 0 Å². The average Bonchev–Trinajstić information content (AvgIpc) is 3.89. The molecule has 2 aliphatic carbocycles. The Bertz CT molecular complexity index is 2240. The van der Waals surface area contributed by atoms with Gasteiger partial charge in [-0.2, -0.15) is 5.26 Å². The molecule has 59 heavy (non-hydrogen) atoms. The van der Waals surface area contributed by atoms with E-state index >= 15 is 4.39 Å². The number of piperazine rings is 1.